The van der Waals surface area contributed by atoms with Gasteiger partial charge in [0.1, 0.15) is 0 Å². The first kappa shape index (κ1) is 11.5. The summed E-state index contributed by atoms with van der Waals surface area (Å²) in [4.78, 5) is 0. The van der Waals surface area contributed by atoms with Gasteiger partial charge in [0.15, 0.2) is 0 Å². The summed E-state index contributed by atoms with van der Waals surface area (Å²) < 4.78 is 0. The summed E-state index contributed by atoms with van der Waals surface area (Å²) in [6, 6.07) is 15.3. The summed E-state index contributed by atoms with van der Waals surface area (Å²) >= 11 is 0. The van der Waals surface area contributed by atoms with Crippen molar-refractivity contribution in [2.45, 2.75) is 32.2 Å². The van der Waals surface area contributed by atoms with Gasteiger partial charge in [-0.1, -0.05) is 42.5 Å². The second-order valence-corrected chi connectivity index (χ2v) is 5.38. The third kappa shape index (κ3) is 1.75. The quantitative estimate of drug-likeness (QED) is 0.847. The maximum atomic E-state index is 6.43. The van der Waals surface area contributed by atoms with Crippen molar-refractivity contribution in [3.8, 4) is 0 Å². The fraction of sp³-hybridized carbons (Fsp3) is 0.294. The van der Waals surface area contributed by atoms with Gasteiger partial charge in [-0.25, -0.2) is 0 Å². The Morgan fingerprint density at radius 3 is 2.56 bits per heavy atom. The van der Waals surface area contributed by atoms with Gasteiger partial charge in [-0.3, -0.25) is 0 Å². The van der Waals surface area contributed by atoms with E-state index in [0.29, 0.717) is 5.92 Å². The van der Waals surface area contributed by atoms with Crippen LogP contribution in [-0.4, -0.2) is 0 Å². The molecule has 0 radical (unpaired) electrons. The fourth-order valence-corrected chi connectivity index (χ4v) is 2.82. The zero-order valence-corrected chi connectivity index (χ0v) is 11.0. The van der Waals surface area contributed by atoms with Crippen LogP contribution in [0.15, 0.2) is 42.5 Å². The molecule has 18 heavy (non-hydrogen) atoms. The third-order valence-corrected chi connectivity index (χ3v) is 4.24. The van der Waals surface area contributed by atoms with Crippen molar-refractivity contribution in [2.24, 2.45) is 5.73 Å². The van der Waals surface area contributed by atoms with E-state index in [1.54, 1.807) is 0 Å². The van der Waals surface area contributed by atoms with E-state index in [0.717, 1.165) is 6.42 Å². The predicted octanol–water partition coefficient (Wildman–Crippen LogP) is 3.64. The topological polar surface area (TPSA) is 26.0 Å². The average Bonchev–Trinajstić information content (AvgIpc) is 2.34. The first-order valence-electron chi connectivity index (χ1n) is 6.57. The van der Waals surface area contributed by atoms with Gasteiger partial charge in [-0.2, -0.15) is 0 Å². The van der Waals surface area contributed by atoms with Crippen LogP contribution in [0.25, 0.3) is 0 Å². The lowest BCUT2D eigenvalue weighted by Gasteiger charge is -2.35. The number of nitrogens with two attached hydrogens (primary N) is 1. The first-order chi connectivity index (χ1) is 8.66. The van der Waals surface area contributed by atoms with E-state index in [9.17, 15) is 0 Å². The highest BCUT2D eigenvalue weighted by molar-refractivity contribution is 5.43. The Morgan fingerprint density at radius 1 is 1.06 bits per heavy atom. The largest absolute Gasteiger partial charge is 0.323 e. The number of fused-ring (bicyclic) bond motifs is 1. The standard InChI is InChI=1S/C17H19N/c1-11-7-8-14(9-12(11)2)17(18)16-10-13-5-3-4-6-15(13)16/h3-9,16-17H,10,18H2,1-2H3. The average molecular weight is 237 g/mol. The van der Waals surface area contributed by atoms with Crippen LogP contribution in [0.4, 0.5) is 0 Å². The molecular formula is C17H19N. The zero-order valence-electron chi connectivity index (χ0n) is 11.0. The number of hydrogen-bond acceptors (Lipinski definition) is 1. The molecule has 2 atom stereocenters. The van der Waals surface area contributed by atoms with Crippen LogP contribution in [-0.2, 0) is 6.42 Å². The van der Waals surface area contributed by atoms with Crippen LogP contribution in [0.2, 0.25) is 0 Å². The molecule has 0 saturated carbocycles. The smallest absolute Gasteiger partial charge is 0.0367 e. The molecule has 2 N–H and O–H groups in total. The van der Waals surface area contributed by atoms with E-state index in [1.165, 1.54) is 27.8 Å². The molecule has 2 unspecified atom stereocenters. The molecule has 0 aromatic heterocycles. The molecule has 2 aromatic carbocycles. The Morgan fingerprint density at radius 2 is 1.83 bits per heavy atom. The summed E-state index contributed by atoms with van der Waals surface area (Å²) in [7, 11) is 0. The minimum atomic E-state index is 0.124. The minimum absolute atomic E-state index is 0.124. The lowest BCUT2D eigenvalue weighted by Crippen LogP contribution is -2.29. The van der Waals surface area contributed by atoms with E-state index >= 15 is 0 Å². The van der Waals surface area contributed by atoms with Gasteiger partial charge >= 0.3 is 0 Å². The monoisotopic (exact) mass is 237 g/mol. The Bertz CT molecular complexity index is 586. The van der Waals surface area contributed by atoms with Crippen LogP contribution in [0, 0.1) is 13.8 Å². The van der Waals surface area contributed by atoms with Crippen molar-refractivity contribution in [1.29, 1.82) is 0 Å². The molecule has 0 saturated heterocycles. The first-order valence-corrected chi connectivity index (χ1v) is 6.57. The van der Waals surface area contributed by atoms with Crippen LogP contribution in [0.1, 0.15) is 39.8 Å². The van der Waals surface area contributed by atoms with E-state index in [1.807, 2.05) is 0 Å². The van der Waals surface area contributed by atoms with Gasteiger partial charge in [-0.05, 0) is 48.1 Å². The van der Waals surface area contributed by atoms with E-state index in [-0.39, 0.29) is 6.04 Å². The molecule has 3 rings (SSSR count). The molecule has 0 bridgehead atoms. The highest BCUT2D eigenvalue weighted by atomic mass is 14.7. The Labute approximate surface area is 109 Å². The second kappa shape index (κ2) is 4.25. The van der Waals surface area contributed by atoms with Crippen LogP contribution < -0.4 is 5.73 Å². The van der Waals surface area contributed by atoms with E-state index < -0.39 is 0 Å². The minimum Gasteiger partial charge on any atom is -0.323 e. The summed E-state index contributed by atoms with van der Waals surface area (Å²) in [6.07, 6.45) is 1.12. The van der Waals surface area contributed by atoms with Crippen LogP contribution in [0.3, 0.4) is 0 Å². The van der Waals surface area contributed by atoms with Crippen LogP contribution >= 0.6 is 0 Å². The van der Waals surface area contributed by atoms with Crippen molar-refractivity contribution < 1.29 is 0 Å². The number of hydrogen-bond donors (Lipinski definition) is 1. The molecule has 0 amide bonds. The molecule has 1 aliphatic carbocycles. The van der Waals surface area contributed by atoms with Crippen molar-refractivity contribution in [3.05, 3.63) is 70.3 Å². The molecule has 1 aliphatic rings. The normalized spacial score (nSPS) is 18.9. The molecular weight excluding hydrogens is 218 g/mol. The number of rotatable bonds is 2. The fourth-order valence-electron chi connectivity index (χ4n) is 2.82. The summed E-state index contributed by atoms with van der Waals surface area (Å²) in [5, 5.41) is 0. The molecule has 0 spiro atoms. The molecule has 1 nitrogen and oxygen atoms in total. The van der Waals surface area contributed by atoms with Gasteiger partial charge in [0.05, 0.1) is 0 Å². The lowest BCUT2D eigenvalue weighted by atomic mass is 9.72. The molecule has 2 aromatic rings. The molecule has 1 heteroatoms. The van der Waals surface area contributed by atoms with E-state index in [4.69, 9.17) is 5.73 Å². The maximum Gasteiger partial charge on any atom is 0.0367 e. The van der Waals surface area contributed by atoms with Gasteiger partial charge in [-0.15, -0.1) is 0 Å². The Kier molecular flexibility index (Phi) is 2.71. The molecule has 0 fully saturated rings. The van der Waals surface area contributed by atoms with E-state index in [2.05, 4.69) is 56.3 Å². The van der Waals surface area contributed by atoms with Crippen molar-refractivity contribution in [3.63, 3.8) is 0 Å². The second-order valence-electron chi connectivity index (χ2n) is 5.38. The maximum absolute atomic E-state index is 6.43. The zero-order chi connectivity index (χ0) is 12.7. The Balaban J connectivity index is 1.88. The summed E-state index contributed by atoms with van der Waals surface area (Å²) in [5.41, 5.74) is 13.3. The molecule has 92 valence electrons. The van der Waals surface area contributed by atoms with Gasteiger partial charge < -0.3 is 5.73 Å². The molecule has 0 heterocycles. The SMILES string of the molecule is Cc1ccc(C(N)C2Cc3ccccc32)cc1C. The van der Waals surface area contributed by atoms with Crippen LogP contribution in [0.5, 0.6) is 0 Å². The number of benzene rings is 2. The number of aryl methyl sites for hydroxylation is 2. The van der Waals surface area contributed by atoms with Crippen molar-refractivity contribution in [2.75, 3.05) is 0 Å². The highest BCUT2D eigenvalue weighted by Gasteiger charge is 2.31. The van der Waals surface area contributed by atoms with Gasteiger partial charge in [0, 0.05) is 12.0 Å². The lowest BCUT2D eigenvalue weighted by molar-refractivity contribution is 0.500. The summed E-state index contributed by atoms with van der Waals surface area (Å²) in [6.45, 7) is 4.30. The highest BCUT2D eigenvalue weighted by Crippen LogP contribution is 2.42. The third-order valence-electron chi connectivity index (χ3n) is 4.24. The van der Waals surface area contributed by atoms with Crippen molar-refractivity contribution >= 4 is 0 Å². The predicted molar refractivity (Wildman–Crippen MR) is 75.7 cm³/mol. The summed E-state index contributed by atoms with van der Waals surface area (Å²) in [5.74, 6) is 0.489. The molecule has 0 aliphatic heterocycles. The van der Waals surface area contributed by atoms with Gasteiger partial charge in [0.2, 0.25) is 0 Å². The van der Waals surface area contributed by atoms with Gasteiger partial charge in [0.25, 0.3) is 0 Å². The van der Waals surface area contributed by atoms with Crippen molar-refractivity contribution in [1.82, 2.24) is 0 Å². The Hall–Kier alpha value is -1.60.